The van der Waals surface area contributed by atoms with Crippen molar-refractivity contribution in [3.63, 3.8) is 0 Å². The van der Waals surface area contributed by atoms with E-state index < -0.39 is 24.1 Å². The number of hydrogen-bond acceptors (Lipinski definition) is 3. The van der Waals surface area contributed by atoms with Crippen LogP contribution < -0.4 is 16.0 Å². The van der Waals surface area contributed by atoms with E-state index in [0.717, 1.165) is 12.8 Å². The van der Waals surface area contributed by atoms with Crippen LogP contribution in [0.3, 0.4) is 0 Å². The highest BCUT2D eigenvalue weighted by molar-refractivity contribution is 5.87. The summed E-state index contributed by atoms with van der Waals surface area (Å²) in [6, 6.07) is -1.40. The van der Waals surface area contributed by atoms with Gasteiger partial charge >= 0.3 is 12.0 Å². The van der Waals surface area contributed by atoms with Crippen molar-refractivity contribution in [2.24, 2.45) is 5.92 Å². The van der Waals surface area contributed by atoms with Gasteiger partial charge in [-0.25, -0.2) is 4.79 Å². The lowest BCUT2D eigenvalue weighted by atomic mass is 10.0. The Morgan fingerprint density at radius 2 is 1.75 bits per heavy atom. The Balaban J connectivity index is 2.39. The Morgan fingerprint density at radius 1 is 1.15 bits per heavy atom. The number of rotatable bonds is 7. The first-order valence-electron chi connectivity index (χ1n) is 6.88. The van der Waals surface area contributed by atoms with Gasteiger partial charge < -0.3 is 21.1 Å². The van der Waals surface area contributed by atoms with Crippen molar-refractivity contribution in [1.29, 1.82) is 0 Å². The summed E-state index contributed by atoms with van der Waals surface area (Å²) in [5.41, 5.74) is 0. The van der Waals surface area contributed by atoms with E-state index in [4.69, 9.17) is 5.11 Å². The van der Waals surface area contributed by atoms with Gasteiger partial charge in [0, 0.05) is 12.1 Å². The molecule has 0 saturated heterocycles. The van der Waals surface area contributed by atoms with Crippen LogP contribution in [0, 0.1) is 5.92 Å². The maximum absolute atomic E-state index is 11.8. The average Bonchev–Trinajstić information content (AvgIpc) is 3.10. The molecule has 7 nitrogen and oxygen atoms in total. The van der Waals surface area contributed by atoms with Gasteiger partial charge in [-0.3, -0.25) is 9.59 Å². The summed E-state index contributed by atoms with van der Waals surface area (Å²) >= 11 is 0. The normalized spacial score (nSPS) is 17.2. The number of carboxylic acid groups (broad SMARTS) is 1. The zero-order valence-corrected chi connectivity index (χ0v) is 12.1. The second kappa shape index (κ2) is 7.12. The van der Waals surface area contributed by atoms with Crippen molar-refractivity contribution >= 4 is 17.9 Å². The van der Waals surface area contributed by atoms with Gasteiger partial charge in [0.25, 0.3) is 0 Å². The number of nitrogens with one attached hydrogen (secondary N) is 3. The lowest BCUT2D eigenvalue weighted by molar-refractivity contribution is -0.137. The van der Waals surface area contributed by atoms with Gasteiger partial charge in [0.15, 0.2) is 0 Å². The number of carboxylic acids is 1. The Bertz CT molecular complexity index is 380. The predicted octanol–water partition coefficient (Wildman–Crippen LogP) is 0.452. The lowest BCUT2D eigenvalue weighted by Crippen LogP contribution is -2.52. The van der Waals surface area contributed by atoms with E-state index in [2.05, 4.69) is 16.0 Å². The van der Waals surface area contributed by atoms with Gasteiger partial charge in [0.1, 0.15) is 6.04 Å². The van der Waals surface area contributed by atoms with E-state index in [1.807, 2.05) is 13.8 Å². The summed E-state index contributed by atoms with van der Waals surface area (Å²) in [6.45, 7) is 5.26. The molecule has 0 spiro atoms. The number of urea groups is 1. The zero-order chi connectivity index (χ0) is 15.3. The molecule has 2 unspecified atom stereocenters. The van der Waals surface area contributed by atoms with Crippen LogP contribution >= 0.6 is 0 Å². The molecular formula is C13H23N3O4. The monoisotopic (exact) mass is 285 g/mol. The minimum Gasteiger partial charge on any atom is -0.481 e. The van der Waals surface area contributed by atoms with E-state index >= 15 is 0 Å². The highest BCUT2D eigenvalue weighted by atomic mass is 16.4. The Hall–Kier alpha value is -1.79. The molecule has 4 N–H and O–H groups in total. The van der Waals surface area contributed by atoms with Crippen LogP contribution in [0.2, 0.25) is 0 Å². The molecule has 7 heteroatoms. The predicted molar refractivity (Wildman–Crippen MR) is 73.2 cm³/mol. The third-order valence-electron chi connectivity index (χ3n) is 3.18. The maximum Gasteiger partial charge on any atom is 0.315 e. The van der Waals surface area contributed by atoms with Crippen molar-refractivity contribution in [3.05, 3.63) is 0 Å². The molecule has 1 rings (SSSR count). The molecule has 1 aliphatic carbocycles. The van der Waals surface area contributed by atoms with Crippen LogP contribution in [-0.2, 0) is 9.59 Å². The molecule has 0 aromatic carbocycles. The Kier molecular flexibility index (Phi) is 5.79. The fourth-order valence-corrected chi connectivity index (χ4v) is 1.67. The largest absolute Gasteiger partial charge is 0.481 e. The number of hydrogen-bond donors (Lipinski definition) is 4. The van der Waals surface area contributed by atoms with Crippen molar-refractivity contribution in [2.45, 2.75) is 58.2 Å². The van der Waals surface area contributed by atoms with Crippen molar-refractivity contribution in [3.8, 4) is 0 Å². The highest BCUT2D eigenvalue weighted by Crippen LogP contribution is 2.18. The van der Waals surface area contributed by atoms with E-state index in [1.54, 1.807) is 6.92 Å². The second-order valence-corrected chi connectivity index (χ2v) is 5.57. The summed E-state index contributed by atoms with van der Waals surface area (Å²) in [5, 5.41) is 16.7. The van der Waals surface area contributed by atoms with Crippen molar-refractivity contribution in [2.75, 3.05) is 0 Å². The first-order valence-corrected chi connectivity index (χ1v) is 6.88. The summed E-state index contributed by atoms with van der Waals surface area (Å²) in [7, 11) is 0. The maximum atomic E-state index is 11.8. The quantitative estimate of drug-likeness (QED) is 0.544. The molecule has 1 fully saturated rings. The summed E-state index contributed by atoms with van der Waals surface area (Å²) in [6.07, 6.45) is 1.82. The standard InChI is InChI=1S/C13H23N3O4/c1-7(2)10(6-11(17)18)16-13(20)14-8(3)12(19)15-9-4-5-9/h7-10H,4-6H2,1-3H3,(H,15,19)(H,17,18)(H2,14,16,20). The lowest BCUT2D eigenvalue weighted by Gasteiger charge is -2.22. The van der Waals surface area contributed by atoms with E-state index in [1.165, 1.54) is 0 Å². The van der Waals surface area contributed by atoms with E-state index in [-0.39, 0.29) is 24.3 Å². The third-order valence-corrected chi connectivity index (χ3v) is 3.18. The van der Waals surface area contributed by atoms with Gasteiger partial charge in [-0.1, -0.05) is 13.8 Å². The molecule has 0 heterocycles. The van der Waals surface area contributed by atoms with Crippen LogP contribution in [-0.4, -0.2) is 41.1 Å². The molecule has 0 radical (unpaired) electrons. The minimum absolute atomic E-state index is 0.00699. The molecule has 1 saturated carbocycles. The molecule has 3 amide bonds. The van der Waals surface area contributed by atoms with Gasteiger partial charge in [-0.05, 0) is 25.7 Å². The van der Waals surface area contributed by atoms with Crippen LogP contribution in [0.5, 0.6) is 0 Å². The first-order chi connectivity index (χ1) is 9.29. The molecule has 0 aromatic heterocycles. The molecule has 0 bridgehead atoms. The Labute approximate surface area is 118 Å². The van der Waals surface area contributed by atoms with Gasteiger partial charge in [-0.2, -0.15) is 0 Å². The number of amides is 3. The van der Waals surface area contributed by atoms with E-state index in [9.17, 15) is 14.4 Å². The van der Waals surface area contributed by atoms with Crippen molar-refractivity contribution in [1.82, 2.24) is 16.0 Å². The van der Waals surface area contributed by atoms with Crippen LogP contribution in [0.15, 0.2) is 0 Å². The molecule has 20 heavy (non-hydrogen) atoms. The number of carbonyl (C=O) groups excluding carboxylic acids is 2. The first kappa shape index (κ1) is 16.3. The van der Waals surface area contributed by atoms with E-state index in [0.29, 0.717) is 0 Å². The average molecular weight is 285 g/mol. The van der Waals surface area contributed by atoms with Gasteiger partial charge in [0.2, 0.25) is 5.91 Å². The molecule has 0 aromatic rings. The van der Waals surface area contributed by atoms with Crippen LogP contribution in [0.4, 0.5) is 4.79 Å². The summed E-state index contributed by atoms with van der Waals surface area (Å²) in [5.74, 6) is -1.20. The molecular weight excluding hydrogens is 262 g/mol. The number of carbonyl (C=O) groups is 3. The zero-order valence-electron chi connectivity index (χ0n) is 12.1. The van der Waals surface area contributed by atoms with Crippen LogP contribution in [0.1, 0.15) is 40.0 Å². The van der Waals surface area contributed by atoms with Crippen LogP contribution in [0.25, 0.3) is 0 Å². The second-order valence-electron chi connectivity index (χ2n) is 5.57. The van der Waals surface area contributed by atoms with Gasteiger partial charge in [-0.15, -0.1) is 0 Å². The minimum atomic E-state index is -0.969. The molecule has 2 atom stereocenters. The fourth-order valence-electron chi connectivity index (χ4n) is 1.67. The molecule has 114 valence electrons. The highest BCUT2D eigenvalue weighted by Gasteiger charge is 2.27. The summed E-state index contributed by atoms with van der Waals surface area (Å²) < 4.78 is 0. The Morgan fingerprint density at radius 3 is 2.20 bits per heavy atom. The number of aliphatic carboxylic acids is 1. The smallest absolute Gasteiger partial charge is 0.315 e. The molecule has 1 aliphatic rings. The fraction of sp³-hybridized carbons (Fsp3) is 0.769. The summed E-state index contributed by atoms with van der Waals surface area (Å²) in [4.78, 5) is 34.2. The van der Waals surface area contributed by atoms with Gasteiger partial charge in [0.05, 0.1) is 6.42 Å². The SMILES string of the molecule is CC(NC(=O)NC(CC(=O)O)C(C)C)C(=O)NC1CC1. The topological polar surface area (TPSA) is 108 Å². The molecule has 0 aliphatic heterocycles. The third kappa shape index (κ3) is 5.90. The van der Waals surface area contributed by atoms with Crippen molar-refractivity contribution < 1.29 is 19.5 Å².